The second-order valence-electron chi connectivity index (χ2n) is 5.52. The summed E-state index contributed by atoms with van der Waals surface area (Å²) in [5, 5.41) is 0. The molecule has 0 unspecified atom stereocenters. The number of primary amides is 1. The van der Waals surface area contributed by atoms with E-state index in [9.17, 15) is 4.79 Å². The van der Waals surface area contributed by atoms with E-state index < -0.39 is 0 Å². The minimum Gasteiger partial charge on any atom is -0.398 e. The standard InChI is InChI=1S/C17H19N3O/c1-11-9-12(17(19)21)5-6-16(11)20-8-7-14-13(10-20)3-2-4-15(14)18/h2-6,9H,7-8,10,18H2,1H3,(H2,19,21). The predicted octanol–water partition coefficient (Wildman–Crippen LogP) is 2.24. The summed E-state index contributed by atoms with van der Waals surface area (Å²) in [6.07, 6.45) is 0.943. The zero-order valence-electron chi connectivity index (χ0n) is 12.1. The Morgan fingerprint density at radius 2 is 2.05 bits per heavy atom. The third-order valence-corrected chi connectivity index (χ3v) is 4.12. The molecule has 1 aliphatic rings. The Morgan fingerprint density at radius 1 is 1.24 bits per heavy atom. The number of rotatable bonds is 2. The third kappa shape index (κ3) is 2.44. The maximum atomic E-state index is 11.2. The van der Waals surface area contributed by atoms with Gasteiger partial charge in [0, 0.05) is 30.0 Å². The highest BCUT2D eigenvalue weighted by Gasteiger charge is 2.19. The molecule has 0 bridgehead atoms. The Hall–Kier alpha value is -2.49. The van der Waals surface area contributed by atoms with E-state index in [0.29, 0.717) is 5.56 Å². The van der Waals surface area contributed by atoms with Crippen LogP contribution >= 0.6 is 0 Å². The van der Waals surface area contributed by atoms with Crippen molar-refractivity contribution in [3.8, 4) is 0 Å². The zero-order chi connectivity index (χ0) is 15.0. The number of aryl methyl sites for hydroxylation is 1. The lowest BCUT2D eigenvalue weighted by atomic mass is 9.97. The molecule has 0 aromatic heterocycles. The number of nitrogens with zero attached hydrogens (tertiary/aromatic N) is 1. The fraction of sp³-hybridized carbons (Fsp3) is 0.235. The summed E-state index contributed by atoms with van der Waals surface area (Å²) in [5.41, 5.74) is 17.6. The lowest BCUT2D eigenvalue weighted by Crippen LogP contribution is -2.31. The molecule has 108 valence electrons. The molecule has 0 radical (unpaired) electrons. The lowest BCUT2D eigenvalue weighted by Gasteiger charge is -2.32. The van der Waals surface area contributed by atoms with Crippen LogP contribution in [-0.4, -0.2) is 12.5 Å². The van der Waals surface area contributed by atoms with Gasteiger partial charge in [0.15, 0.2) is 0 Å². The maximum Gasteiger partial charge on any atom is 0.248 e. The van der Waals surface area contributed by atoms with Gasteiger partial charge in [0.2, 0.25) is 5.91 Å². The van der Waals surface area contributed by atoms with E-state index in [4.69, 9.17) is 11.5 Å². The van der Waals surface area contributed by atoms with Gasteiger partial charge in [-0.25, -0.2) is 0 Å². The first kappa shape index (κ1) is 13.5. The SMILES string of the molecule is Cc1cc(C(N)=O)ccc1N1CCc2c(N)cccc2C1. The molecule has 2 aromatic rings. The van der Waals surface area contributed by atoms with Crippen molar-refractivity contribution >= 4 is 17.3 Å². The van der Waals surface area contributed by atoms with E-state index in [1.54, 1.807) is 6.07 Å². The number of nitrogen functional groups attached to an aromatic ring is 1. The lowest BCUT2D eigenvalue weighted by molar-refractivity contribution is 0.1000. The molecule has 1 aliphatic heterocycles. The van der Waals surface area contributed by atoms with Gasteiger partial charge in [-0.15, -0.1) is 0 Å². The van der Waals surface area contributed by atoms with Crippen molar-refractivity contribution in [1.29, 1.82) is 0 Å². The van der Waals surface area contributed by atoms with Gasteiger partial charge in [0.1, 0.15) is 0 Å². The molecule has 1 heterocycles. The summed E-state index contributed by atoms with van der Waals surface area (Å²) < 4.78 is 0. The minimum atomic E-state index is -0.388. The summed E-state index contributed by atoms with van der Waals surface area (Å²) >= 11 is 0. The second kappa shape index (κ2) is 5.13. The fourth-order valence-electron chi connectivity index (χ4n) is 3.01. The molecule has 4 heteroatoms. The number of anilines is 2. The molecule has 2 aromatic carbocycles. The first-order valence-electron chi connectivity index (χ1n) is 7.08. The van der Waals surface area contributed by atoms with Crippen molar-refractivity contribution in [3.05, 3.63) is 58.7 Å². The van der Waals surface area contributed by atoms with Crippen molar-refractivity contribution in [2.45, 2.75) is 19.9 Å². The largest absolute Gasteiger partial charge is 0.398 e. The first-order chi connectivity index (χ1) is 10.1. The molecule has 0 spiro atoms. The molecule has 4 nitrogen and oxygen atoms in total. The number of carbonyl (C=O) groups excluding carboxylic acids is 1. The molecule has 1 amide bonds. The summed E-state index contributed by atoms with van der Waals surface area (Å²) in [4.78, 5) is 13.6. The van der Waals surface area contributed by atoms with Crippen molar-refractivity contribution in [3.63, 3.8) is 0 Å². The van der Waals surface area contributed by atoms with Crippen LogP contribution in [0.5, 0.6) is 0 Å². The number of hydrogen-bond donors (Lipinski definition) is 2. The molecule has 4 N–H and O–H groups in total. The van der Waals surface area contributed by atoms with Gasteiger partial charge in [0.25, 0.3) is 0 Å². The highest BCUT2D eigenvalue weighted by atomic mass is 16.1. The van der Waals surface area contributed by atoms with Gasteiger partial charge in [0.05, 0.1) is 0 Å². The van der Waals surface area contributed by atoms with E-state index in [-0.39, 0.29) is 5.91 Å². The summed E-state index contributed by atoms with van der Waals surface area (Å²) in [6.45, 7) is 3.78. The van der Waals surface area contributed by atoms with Gasteiger partial charge < -0.3 is 16.4 Å². The highest BCUT2D eigenvalue weighted by Crippen LogP contribution is 2.29. The van der Waals surface area contributed by atoms with Crippen LogP contribution in [0.3, 0.4) is 0 Å². The first-order valence-corrected chi connectivity index (χ1v) is 7.08. The Morgan fingerprint density at radius 3 is 2.76 bits per heavy atom. The van der Waals surface area contributed by atoms with E-state index in [0.717, 1.165) is 36.4 Å². The van der Waals surface area contributed by atoms with Crippen molar-refractivity contribution in [2.24, 2.45) is 5.73 Å². The Labute approximate surface area is 124 Å². The van der Waals surface area contributed by atoms with E-state index in [2.05, 4.69) is 11.0 Å². The smallest absolute Gasteiger partial charge is 0.248 e. The maximum absolute atomic E-state index is 11.2. The molecule has 0 saturated heterocycles. The number of hydrogen-bond acceptors (Lipinski definition) is 3. The van der Waals surface area contributed by atoms with Gasteiger partial charge >= 0.3 is 0 Å². The normalized spacial score (nSPS) is 13.9. The zero-order valence-corrected chi connectivity index (χ0v) is 12.1. The molecular weight excluding hydrogens is 262 g/mol. The van der Waals surface area contributed by atoms with Crippen molar-refractivity contribution in [1.82, 2.24) is 0 Å². The molecule has 0 aliphatic carbocycles. The average molecular weight is 281 g/mol. The Bertz CT molecular complexity index is 709. The Kier molecular flexibility index (Phi) is 3.29. The van der Waals surface area contributed by atoms with E-state index in [1.165, 1.54) is 11.1 Å². The van der Waals surface area contributed by atoms with Crippen LogP contribution < -0.4 is 16.4 Å². The van der Waals surface area contributed by atoms with Crippen LogP contribution in [0.4, 0.5) is 11.4 Å². The third-order valence-electron chi connectivity index (χ3n) is 4.12. The number of carbonyl (C=O) groups is 1. The van der Waals surface area contributed by atoms with E-state index in [1.807, 2.05) is 31.2 Å². The van der Waals surface area contributed by atoms with Crippen molar-refractivity contribution in [2.75, 3.05) is 17.2 Å². The van der Waals surface area contributed by atoms with Crippen LogP contribution in [0.25, 0.3) is 0 Å². The van der Waals surface area contributed by atoms with Crippen LogP contribution in [0.15, 0.2) is 36.4 Å². The number of fused-ring (bicyclic) bond motifs is 1. The van der Waals surface area contributed by atoms with Gasteiger partial charge in [-0.2, -0.15) is 0 Å². The highest BCUT2D eigenvalue weighted by molar-refractivity contribution is 5.93. The van der Waals surface area contributed by atoms with Crippen LogP contribution in [0.1, 0.15) is 27.0 Å². The number of nitrogens with two attached hydrogens (primary N) is 2. The minimum absolute atomic E-state index is 0.388. The molecular formula is C17H19N3O. The molecule has 0 saturated carbocycles. The number of amides is 1. The van der Waals surface area contributed by atoms with Crippen LogP contribution in [0.2, 0.25) is 0 Å². The van der Waals surface area contributed by atoms with Crippen molar-refractivity contribution < 1.29 is 4.79 Å². The molecule has 21 heavy (non-hydrogen) atoms. The van der Waals surface area contributed by atoms with Crippen LogP contribution in [0, 0.1) is 6.92 Å². The summed E-state index contributed by atoms with van der Waals surface area (Å²) in [6, 6.07) is 11.7. The monoisotopic (exact) mass is 281 g/mol. The van der Waals surface area contributed by atoms with Crippen LogP contribution in [-0.2, 0) is 13.0 Å². The number of benzene rings is 2. The molecule has 0 fully saturated rings. The summed E-state index contributed by atoms with van der Waals surface area (Å²) in [5.74, 6) is -0.388. The molecule has 3 rings (SSSR count). The predicted molar refractivity (Wildman–Crippen MR) is 85.3 cm³/mol. The second-order valence-corrected chi connectivity index (χ2v) is 5.52. The Balaban J connectivity index is 1.91. The quantitative estimate of drug-likeness (QED) is 0.829. The fourth-order valence-corrected chi connectivity index (χ4v) is 3.01. The molecule has 0 atom stereocenters. The van der Waals surface area contributed by atoms with Gasteiger partial charge in [-0.1, -0.05) is 12.1 Å². The summed E-state index contributed by atoms with van der Waals surface area (Å²) in [7, 11) is 0. The topological polar surface area (TPSA) is 72.4 Å². The van der Waals surface area contributed by atoms with Gasteiger partial charge in [-0.3, -0.25) is 4.79 Å². The van der Waals surface area contributed by atoms with E-state index >= 15 is 0 Å². The average Bonchev–Trinajstić information content (AvgIpc) is 2.47. The van der Waals surface area contributed by atoms with Gasteiger partial charge in [-0.05, 0) is 54.3 Å².